The highest BCUT2D eigenvalue weighted by Gasteiger charge is 2.12. The van der Waals surface area contributed by atoms with E-state index in [1.54, 1.807) is 12.1 Å². The first-order valence-corrected chi connectivity index (χ1v) is 8.06. The molecule has 0 aliphatic rings. The molecule has 3 aromatic rings. The molecule has 0 unspecified atom stereocenters. The number of anilines is 1. The van der Waals surface area contributed by atoms with Crippen molar-refractivity contribution >= 4 is 48.6 Å². The minimum Gasteiger partial charge on any atom is -0.464 e. The maximum absolute atomic E-state index is 11.6. The number of fused-ring (bicyclic) bond motifs is 1. The van der Waals surface area contributed by atoms with Gasteiger partial charge in [-0.1, -0.05) is 33.3 Å². The number of hydrogen-bond acceptors (Lipinski definition) is 6. The van der Waals surface area contributed by atoms with Crippen LogP contribution in [0.15, 0.2) is 34.8 Å². The van der Waals surface area contributed by atoms with E-state index in [4.69, 9.17) is 10.5 Å². The lowest BCUT2D eigenvalue weighted by Crippen LogP contribution is -2.06. The minimum absolute atomic E-state index is 0.295. The van der Waals surface area contributed by atoms with Crippen LogP contribution in [0, 0.1) is 0 Å². The molecule has 1 aromatic carbocycles. The third-order valence-electron chi connectivity index (χ3n) is 3.13. The highest BCUT2D eigenvalue weighted by molar-refractivity contribution is 9.10. The molecular formula is C15H12BrN3O2S. The van der Waals surface area contributed by atoms with Crippen LogP contribution in [0.3, 0.4) is 0 Å². The number of nitrogens with zero attached hydrogens (tertiary/aromatic N) is 2. The van der Waals surface area contributed by atoms with E-state index in [2.05, 4.69) is 25.9 Å². The Balaban J connectivity index is 2.01. The maximum atomic E-state index is 11.6. The van der Waals surface area contributed by atoms with Crippen molar-refractivity contribution in [3.05, 3.63) is 51.8 Å². The Morgan fingerprint density at radius 3 is 2.95 bits per heavy atom. The number of nitrogens with two attached hydrogens (primary N) is 1. The summed E-state index contributed by atoms with van der Waals surface area (Å²) < 4.78 is 6.68. The summed E-state index contributed by atoms with van der Waals surface area (Å²) in [5.74, 6) is -0.445. The summed E-state index contributed by atoms with van der Waals surface area (Å²) in [6.45, 7) is 0. The summed E-state index contributed by atoms with van der Waals surface area (Å²) in [4.78, 5) is 20.3. The molecule has 112 valence electrons. The number of benzene rings is 1. The number of pyridine rings is 1. The number of carbonyl (C=O) groups excluding carboxylic acids is 1. The van der Waals surface area contributed by atoms with Crippen molar-refractivity contribution < 1.29 is 9.53 Å². The summed E-state index contributed by atoms with van der Waals surface area (Å²) in [6.07, 6.45) is 0.559. The van der Waals surface area contributed by atoms with Gasteiger partial charge in [-0.2, -0.15) is 0 Å². The third kappa shape index (κ3) is 2.95. The molecule has 0 saturated heterocycles. The third-order valence-corrected chi connectivity index (χ3v) is 4.42. The van der Waals surface area contributed by atoms with Gasteiger partial charge in [-0.3, -0.25) is 0 Å². The molecule has 22 heavy (non-hydrogen) atoms. The molecule has 3 rings (SSSR count). The number of aromatic nitrogens is 2. The van der Waals surface area contributed by atoms with Crippen LogP contribution in [0.2, 0.25) is 0 Å². The van der Waals surface area contributed by atoms with Gasteiger partial charge in [-0.25, -0.2) is 14.8 Å². The molecule has 2 aromatic heterocycles. The average Bonchev–Trinajstić information content (AvgIpc) is 2.87. The minimum atomic E-state index is -0.445. The lowest BCUT2D eigenvalue weighted by molar-refractivity contribution is 0.0593. The van der Waals surface area contributed by atoms with Gasteiger partial charge in [0.25, 0.3) is 0 Å². The molecule has 0 atom stereocenters. The highest BCUT2D eigenvalue weighted by Crippen LogP contribution is 2.31. The Morgan fingerprint density at radius 1 is 1.36 bits per heavy atom. The lowest BCUT2D eigenvalue weighted by Gasteiger charge is -2.05. The van der Waals surface area contributed by atoms with Crippen molar-refractivity contribution in [2.45, 2.75) is 6.42 Å². The van der Waals surface area contributed by atoms with Crippen LogP contribution >= 0.6 is 27.3 Å². The van der Waals surface area contributed by atoms with Crippen LogP contribution in [0.4, 0.5) is 5.13 Å². The summed E-state index contributed by atoms with van der Waals surface area (Å²) in [5, 5.41) is 0.533. The number of rotatable bonds is 3. The van der Waals surface area contributed by atoms with Crippen LogP contribution in [0.25, 0.3) is 10.2 Å². The maximum Gasteiger partial charge on any atom is 0.356 e. The largest absolute Gasteiger partial charge is 0.464 e. The van der Waals surface area contributed by atoms with Crippen molar-refractivity contribution in [2.24, 2.45) is 0 Å². The zero-order valence-electron chi connectivity index (χ0n) is 11.7. The van der Waals surface area contributed by atoms with Gasteiger partial charge < -0.3 is 10.5 Å². The molecule has 5 nitrogen and oxygen atoms in total. The number of carbonyl (C=O) groups is 1. The van der Waals surface area contributed by atoms with Crippen molar-refractivity contribution in [3.63, 3.8) is 0 Å². The molecule has 0 spiro atoms. The molecule has 0 fully saturated rings. The van der Waals surface area contributed by atoms with E-state index in [0.717, 1.165) is 25.9 Å². The summed E-state index contributed by atoms with van der Waals surface area (Å²) in [6, 6.07) is 9.28. The van der Waals surface area contributed by atoms with Gasteiger partial charge >= 0.3 is 5.97 Å². The van der Waals surface area contributed by atoms with E-state index in [1.807, 2.05) is 18.2 Å². The van der Waals surface area contributed by atoms with Gasteiger partial charge in [-0.15, -0.1) is 0 Å². The van der Waals surface area contributed by atoms with Gasteiger partial charge in [-0.05, 0) is 29.8 Å². The highest BCUT2D eigenvalue weighted by atomic mass is 79.9. The molecule has 2 N–H and O–H groups in total. The lowest BCUT2D eigenvalue weighted by atomic mass is 10.1. The van der Waals surface area contributed by atoms with E-state index in [0.29, 0.717) is 17.2 Å². The van der Waals surface area contributed by atoms with Gasteiger partial charge in [0, 0.05) is 16.6 Å². The van der Waals surface area contributed by atoms with Crippen molar-refractivity contribution in [1.82, 2.24) is 9.97 Å². The van der Waals surface area contributed by atoms with Gasteiger partial charge in [0.2, 0.25) is 0 Å². The topological polar surface area (TPSA) is 78.1 Å². The first-order chi connectivity index (χ1) is 10.6. The monoisotopic (exact) mass is 377 g/mol. The van der Waals surface area contributed by atoms with E-state index < -0.39 is 5.97 Å². The van der Waals surface area contributed by atoms with E-state index in [9.17, 15) is 4.79 Å². The Morgan fingerprint density at radius 2 is 2.18 bits per heavy atom. The van der Waals surface area contributed by atoms with Crippen molar-refractivity contribution in [3.8, 4) is 0 Å². The van der Waals surface area contributed by atoms with Crippen LogP contribution in [0.1, 0.15) is 21.7 Å². The van der Waals surface area contributed by atoms with Gasteiger partial charge in [0.15, 0.2) is 5.13 Å². The molecule has 2 heterocycles. The van der Waals surface area contributed by atoms with Crippen LogP contribution in [-0.2, 0) is 11.2 Å². The molecule has 7 heteroatoms. The second-order valence-corrected chi connectivity index (χ2v) is 6.62. The Hall–Kier alpha value is -1.99. The number of esters is 1. The SMILES string of the molecule is COC(=O)c1cccc(Cc2cc(Br)cc3sc(N)nc23)n1. The predicted octanol–water partition coefficient (Wildman–Crippen LogP) is 3.41. The first kappa shape index (κ1) is 14.9. The molecule has 0 saturated carbocycles. The predicted molar refractivity (Wildman–Crippen MR) is 90.1 cm³/mol. The van der Waals surface area contributed by atoms with Gasteiger partial charge in [0.1, 0.15) is 5.69 Å². The second-order valence-electron chi connectivity index (χ2n) is 4.65. The Bertz CT molecular complexity index is 863. The van der Waals surface area contributed by atoms with Crippen LogP contribution in [0.5, 0.6) is 0 Å². The average molecular weight is 378 g/mol. The smallest absolute Gasteiger partial charge is 0.356 e. The number of nitrogen functional groups attached to an aromatic ring is 1. The van der Waals surface area contributed by atoms with Crippen LogP contribution in [-0.4, -0.2) is 23.0 Å². The summed E-state index contributed by atoms with van der Waals surface area (Å²) >= 11 is 4.94. The molecule has 0 aliphatic heterocycles. The van der Waals surface area contributed by atoms with E-state index >= 15 is 0 Å². The van der Waals surface area contributed by atoms with Crippen molar-refractivity contribution in [2.75, 3.05) is 12.8 Å². The number of halogens is 1. The zero-order chi connectivity index (χ0) is 15.7. The molecular weight excluding hydrogens is 366 g/mol. The number of hydrogen-bond donors (Lipinski definition) is 1. The van der Waals surface area contributed by atoms with Gasteiger partial charge in [0.05, 0.1) is 17.3 Å². The fraction of sp³-hybridized carbons (Fsp3) is 0.133. The second kappa shape index (κ2) is 6.02. The Kier molecular flexibility index (Phi) is 4.08. The number of methoxy groups -OCH3 is 1. The summed E-state index contributed by atoms with van der Waals surface area (Å²) in [5.41, 5.74) is 8.75. The Labute approximate surface area is 139 Å². The quantitative estimate of drug-likeness (QED) is 0.707. The summed E-state index contributed by atoms with van der Waals surface area (Å²) in [7, 11) is 1.34. The molecule has 0 aliphatic carbocycles. The van der Waals surface area contributed by atoms with E-state index in [1.165, 1.54) is 18.4 Å². The molecule has 0 amide bonds. The standard InChI is InChI=1S/C15H12BrN3O2S/c1-21-14(20)11-4-2-3-10(18-11)6-8-5-9(16)7-12-13(8)19-15(17)22-12/h2-5,7H,6H2,1H3,(H2,17,19). The normalized spacial score (nSPS) is 10.8. The number of thiazole rings is 1. The van der Waals surface area contributed by atoms with Crippen LogP contribution < -0.4 is 5.73 Å². The fourth-order valence-corrected chi connectivity index (χ4v) is 3.68. The van der Waals surface area contributed by atoms with E-state index in [-0.39, 0.29) is 0 Å². The fourth-order valence-electron chi connectivity index (χ4n) is 2.20. The number of ether oxygens (including phenoxy) is 1. The molecule has 0 bridgehead atoms. The first-order valence-electron chi connectivity index (χ1n) is 6.45. The van der Waals surface area contributed by atoms with Crippen molar-refractivity contribution in [1.29, 1.82) is 0 Å². The zero-order valence-corrected chi connectivity index (χ0v) is 14.1. The molecule has 0 radical (unpaired) electrons.